The lowest BCUT2D eigenvalue weighted by Gasteiger charge is -2.09. The van der Waals surface area contributed by atoms with E-state index in [1.807, 2.05) is 6.26 Å². The lowest BCUT2D eigenvalue weighted by atomic mass is 10.1. The summed E-state index contributed by atoms with van der Waals surface area (Å²) in [6, 6.07) is 0. The van der Waals surface area contributed by atoms with Crippen LogP contribution in [0.3, 0.4) is 0 Å². The maximum absolute atomic E-state index is 9.68. The minimum Gasteiger partial charge on any atom is -0.392 e. The Morgan fingerprint density at radius 2 is 2.33 bits per heavy atom. The molecule has 1 aromatic rings. The Bertz CT molecular complexity index is 448. The molecule has 0 amide bonds. The second-order valence-corrected chi connectivity index (χ2v) is 5.43. The summed E-state index contributed by atoms with van der Waals surface area (Å²) >= 11 is 1.68. The van der Waals surface area contributed by atoms with Gasteiger partial charge in [-0.15, -0.1) is 0 Å². The number of rotatable bonds is 6. The number of fused-ring (bicyclic) bond motifs is 1. The standard InChI is InChI=1S/C13H19N3OS/c1-18-7-10(17)4-2-3-9-5-6-11-12(9)15-8-16-13(11)14/h5,8,10,17H,2-4,6-7H2,1H3,(H2,14,15,16)/t10-/m0/s1. The SMILES string of the molecule is CSC[C@@H](O)CCCC1=CCc2c(N)ncnc21. The molecule has 1 atom stereocenters. The molecule has 0 saturated carbocycles. The number of allylic oxidation sites excluding steroid dienone is 2. The van der Waals surface area contributed by atoms with E-state index in [9.17, 15) is 5.11 Å². The Kier molecular flexibility index (Phi) is 4.60. The van der Waals surface area contributed by atoms with Gasteiger partial charge < -0.3 is 10.8 Å². The maximum atomic E-state index is 9.68. The lowest BCUT2D eigenvalue weighted by molar-refractivity contribution is 0.187. The smallest absolute Gasteiger partial charge is 0.130 e. The predicted octanol–water partition coefficient (Wildman–Crippen LogP) is 1.89. The van der Waals surface area contributed by atoms with Crippen LogP contribution in [0.5, 0.6) is 0 Å². The molecule has 0 spiro atoms. The molecule has 3 N–H and O–H groups in total. The first-order valence-corrected chi connectivity index (χ1v) is 7.57. The zero-order valence-electron chi connectivity index (χ0n) is 10.6. The van der Waals surface area contributed by atoms with Crippen molar-refractivity contribution in [2.45, 2.75) is 31.8 Å². The molecule has 0 saturated heterocycles. The zero-order chi connectivity index (χ0) is 13.0. The first kappa shape index (κ1) is 13.4. The Morgan fingerprint density at radius 3 is 3.11 bits per heavy atom. The Morgan fingerprint density at radius 1 is 1.50 bits per heavy atom. The van der Waals surface area contributed by atoms with Gasteiger partial charge >= 0.3 is 0 Å². The van der Waals surface area contributed by atoms with Crippen LogP contribution < -0.4 is 5.73 Å². The van der Waals surface area contributed by atoms with Gasteiger partial charge in [0.2, 0.25) is 0 Å². The number of hydrogen-bond acceptors (Lipinski definition) is 5. The molecule has 2 rings (SSSR count). The Hall–Kier alpha value is -1.07. The molecular weight excluding hydrogens is 246 g/mol. The maximum Gasteiger partial charge on any atom is 0.130 e. The highest BCUT2D eigenvalue weighted by Gasteiger charge is 2.18. The number of nitrogens with zero attached hydrogens (tertiary/aromatic N) is 2. The van der Waals surface area contributed by atoms with E-state index in [2.05, 4.69) is 16.0 Å². The minimum absolute atomic E-state index is 0.197. The van der Waals surface area contributed by atoms with Crippen LogP contribution in [-0.2, 0) is 6.42 Å². The van der Waals surface area contributed by atoms with E-state index in [0.29, 0.717) is 5.82 Å². The number of nitrogen functional groups attached to an aromatic ring is 1. The highest BCUT2D eigenvalue weighted by atomic mass is 32.2. The van der Waals surface area contributed by atoms with Gasteiger partial charge in [-0.1, -0.05) is 6.08 Å². The van der Waals surface area contributed by atoms with Crippen molar-refractivity contribution in [2.24, 2.45) is 0 Å². The van der Waals surface area contributed by atoms with Gasteiger partial charge in [-0.3, -0.25) is 0 Å². The van der Waals surface area contributed by atoms with Crippen LogP contribution in [0.1, 0.15) is 30.5 Å². The van der Waals surface area contributed by atoms with Crippen LogP contribution in [0.25, 0.3) is 5.57 Å². The number of aliphatic hydroxyl groups excluding tert-OH is 1. The molecular formula is C13H19N3OS. The Balaban J connectivity index is 1.88. The topological polar surface area (TPSA) is 72.0 Å². The third-order valence-electron chi connectivity index (χ3n) is 3.18. The van der Waals surface area contributed by atoms with E-state index < -0.39 is 0 Å². The molecule has 18 heavy (non-hydrogen) atoms. The predicted molar refractivity (Wildman–Crippen MR) is 76.4 cm³/mol. The highest BCUT2D eigenvalue weighted by Crippen LogP contribution is 2.31. The summed E-state index contributed by atoms with van der Waals surface area (Å²) in [4.78, 5) is 8.32. The van der Waals surface area contributed by atoms with Crippen LogP contribution in [0.2, 0.25) is 0 Å². The van der Waals surface area contributed by atoms with Crippen molar-refractivity contribution < 1.29 is 5.11 Å². The van der Waals surface area contributed by atoms with Gasteiger partial charge in [-0.2, -0.15) is 11.8 Å². The number of thioether (sulfide) groups is 1. The molecule has 98 valence electrons. The second kappa shape index (κ2) is 6.20. The monoisotopic (exact) mass is 265 g/mol. The van der Waals surface area contributed by atoms with Crippen molar-refractivity contribution in [3.8, 4) is 0 Å². The molecule has 1 heterocycles. The lowest BCUT2D eigenvalue weighted by Crippen LogP contribution is -2.09. The molecule has 0 bridgehead atoms. The Labute approximate surface area is 112 Å². The van der Waals surface area contributed by atoms with E-state index in [1.54, 1.807) is 11.8 Å². The first-order valence-electron chi connectivity index (χ1n) is 6.18. The fourth-order valence-corrected chi connectivity index (χ4v) is 2.80. The summed E-state index contributed by atoms with van der Waals surface area (Å²) in [6.45, 7) is 0. The number of aliphatic hydroxyl groups is 1. The molecule has 0 unspecified atom stereocenters. The molecule has 4 nitrogen and oxygen atoms in total. The fourth-order valence-electron chi connectivity index (χ4n) is 2.25. The fraction of sp³-hybridized carbons (Fsp3) is 0.538. The largest absolute Gasteiger partial charge is 0.392 e. The summed E-state index contributed by atoms with van der Waals surface area (Å²) in [5, 5.41) is 9.68. The minimum atomic E-state index is -0.197. The summed E-state index contributed by atoms with van der Waals surface area (Å²) in [5.74, 6) is 1.40. The number of hydrogen-bond donors (Lipinski definition) is 2. The van der Waals surface area contributed by atoms with Gasteiger partial charge in [0.05, 0.1) is 11.8 Å². The van der Waals surface area contributed by atoms with E-state index in [0.717, 1.165) is 42.7 Å². The molecule has 5 heteroatoms. The van der Waals surface area contributed by atoms with Crippen molar-refractivity contribution in [2.75, 3.05) is 17.7 Å². The summed E-state index contributed by atoms with van der Waals surface area (Å²) in [5.41, 5.74) is 9.12. The first-order chi connectivity index (χ1) is 8.72. The van der Waals surface area contributed by atoms with Gasteiger partial charge in [0.1, 0.15) is 12.1 Å². The van der Waals surface area contributed by atoms with E-state index in [1.165, 1.54) is 11.9 Å². The molecule has 1 aromatic heterocycles. The number of anilines is 1. The van der Waals surface area contributed by atoms with Crippen LogP contribution in [0, 0.1) is 0 Å². The average Bonchev–Trinajstić information content (AvgIpc) is 2.75. The quantitative estimate of drug-likeness (QED) is 0.822. The van der Waals surface area contributed by atoms with Crippen LogP contribution in [0.15, 0.2) is 12.4 Å². The summed E-state index contributed by atoms with van der Waals surface area (Å²) in [6.07, 6.45) is 9.13. The average molecular weight is 265 g/mol. The molecule has 1 aliphatic rings. The zero-order valence-corrected chi connectivity index (χ0v) is 11.4. The van der Waals surface area contributed by atoms with E-state index in [-0.39, 0.29) is 6.10 Å². The van der Waals surface area contributed by atoms with Gasteiger partial charge in [0.15, 0.2) is 0 Å². The van der Waals surface area contributed by atoms with E-state index in [4.69, 9.17) is 5.73 Å². The molecule has 0 aliphatic heterocycles. The highest BCUT2D eigenvalue weighted by molar-refractivity contribution is 7.98. The van der Waals surface area contributed by atoms with Gasteiger partial charge in [0, 0.05) is 11.3 Å². The summed E-state index contributed by atoms with van der Waals surface area (Å²) < 4.78 is 0. The van der Waals surface area contributed by atoms with Crippen molar-refractivity contribution in [1.82, 2.24) is 9.97 Å². The van der Waals surface area contributed by atoms with E-state index >= 15 is 0 Å². The van der Waals surface area contributed by atoms with Crippen molar-refractivity contribution in [1.29, 1.82) is 0 Å². The molecule has 0 aromatic carbocycles. The number of aromatic nitrogens is 2. The second-order valence-electron chi connectivity index (χ2n) is 4.52. The summed E-state index contributed by atoms with van der Waals surface area (Å²) in [7, 11) is 0. The van der Waals surface area contributed by atoms with Gasteiger partial charge in [-0.25, -0.2) is 9.97 Å². The molecule has 0 radical (unpaired) electrons. The van der Waals surface area contributed by atoms with Crippen LogP contribution in [-0.4, -0.2) is 33.2 Å². The van der Waals surface area contributed by atoms with Crippen LogP contribution >= 0.6 is 11.8 Å². The van der Waals surface area contributed by atoms with Gasteiger partial charge in [0.25, 0.3) is 0 Å². The third kappa shape index (κ3) is 3.03. The van der Waals surface area contributed by atoms with Crippen molar-refractivity contribution >= 4 is 23.2 Å². The molecule has 1 aliphatic carbocycles. The van der Waals surface area contributed by atoms with Crippen molar-refractivity contribution in [3.63, 3.8) is 0 Å². The number of nitrogens with two attached hydrogens (primary N) is 1. The molecule has 0 fully saturated rings. The normalized spacial score (nSPS) is 15.3. The van der Waals surface area contributed by atoms with Crippen molar-refractivity contribution in [3.05, 3.63) is 23.7 Å². The third-order valence-corrected chi connectivity index (χ3v) is 3.90. The van der Waals surface area contributed by atoms with Crippen LogP contribution in [0.4, 0.5) is 5.82 Å². The van der Waals surface area contributed by atoms with Gasteiger partial charge in [-0.05, 0) is 37.5 Å².